The summed E-state index contributed by atoms with van der Waals surface area (Å²) in [7, 11) is -1.46. The number of sulfonamides is 1. The van der Waals surface area contributed by atoms with E-state index in [1.165, 1.54) is 4.88 Å². The van der Waals surface area contributed by atoms with E-state index in [1.807, 2.05) is 12.1 Å². The van der Waals surface area contributed by atoms with Crippen LogP contribution in [0.1, 0.15) is 11.8 Å². The van der Waals surface area contributed by atoms with Gasteiger partial charge in [-0.1, -0.05) is 0 Å². The molecule has 98 valence electrons. The molecule has 1 unspecified atom stereocenters. The van der Waals surface area contributed by atoms with E-state index in [9.17, 15) is 8.42 Å². The van der Waals surface area contributed by atoms with Crippen LogP contribution in [0.25, 0.3) is 0 Å². The second-order valence-corrected chi connectivity index (χ2v) is 8.49. The highest BCUT2D eigenvalue weighted by molar-refractivity contribution is 9.11. The van der Waals surface area contributed by atoms with Gasteiger partial charge < -0.3 is 5.32 Å². The van der Waals surface area contributed by atoms with Gasteiger partial charge in [0, 0.05) is 18.0 Å². The van der Waals surface area contributed by atoms with Crippen molar-refractivity contribution in [1.29, 1.82) is 0 Å². The standard InChI is InChI=1S/C10H17BrN2O2S2/c1-8(7-12-2)17(14,15)13-6-5-9-3-4-10(11)16-9/h3-4,8,12-13H,5-7H2,1-2H3. The minimum absolute atomic E-state index is 0.414. The molecule has 0 radical (unpaired) electrons. The van der Waals surface area contributed by atoms with Gasteiger partial charge in [0.15, 0.2) is 0 Å². The molecule has 0 saturated carbocycles. The number of thiophene rings is 1. The summed E-state index contributed by atoms with van der Waals surface area (Å²) in [5.74, 6) is 0. The average Bonchev–Trinajstić information content (AvgIpc) is 2.64. The van der Waals surface area contributed by atoms with Crippen LogP contribution in [0, 0.1) is 0 Å². The minimum Gasteiger partial charge on any atom is -0.318 e. The van der Waals surface area contributed by atoms with E-state index in [0.717, 1.165) is 10.2 Å². The Kier molecular flexibility index (Phi) is 6.08. The molecule has 0 aliphatic rings. The van der Waals surface area contributed by atoms with Crippen molar-refractivity contribution in [3.8, 4) is 0 Å². The Morgan fingerprint density at radius 1 is 1.47 bits per heavy atom. The van der Waals surface area contributed by atoms with Gasteiger partial charge in [-0.05, 0) is 48.5 Å². The van der Waals surface area contributed by atoms with Crippen LogP contribution in [0.15, 0.2) is 15.9 Å². The summed E-state index contributed by atoms with van der Waals surface area (Å²) >= 11 is 5.01. The lowest BCUT2D eigenvalue weighted by Crippen LogP contribution is -2.38. The molecule has 0 aromatic carbocycles. The highest BCUT2D eigenvalue weighted by atomic mass is 79.9. The Balaban J connectivity index is 2.40. The molecule has 0 amide bonds. The average molecular weight is 341 g/mol. The van der Waals surface area contributed by atoms with E-state index in [2.05, 4.69) is 26.0 Å². The molecule has 1 aromatic heterocycles. The first-order chi connectivity index (χ1) is 7.95. The zero-order chi connectivity index (χ0) is 12.9. The molecule has 1 rings (SSSR count). The van der Waals surface area contributed by atoms with Crippen molar-refractivity contribution >= 4 is 37.3 Å². The molecule has 17 heavy (non-hydrogen) atoms. The Morgan fingerprint density at radius 3 is 2.71 bits per heavy atom. The fraction of sp³-hybridized carbons (Fsp3) is 0.600. The van der Waals surface area contributed by atoms with Crippen LogP contribution < -0.4 is 10.0 Å². The summed E-state index contributed by atoms with van der Waals surface area (Å²) in [6.07, 6.45) is 0.724. The van der Waals surface area contributed by atoms with Crippen molar-refractivity contribution in [3.63, 3.8) is 0 Å². The van der Waals surface area contributed by atoms with Crippen molar-refractivity contribution in [2.75, 3.05) is 20.1 Å². The highest BCUT2D eigenvalue weighted by Crippen LogP contribution is 2.22. The van der Waals surface area contributed by atoms with Crippen molar-refractivity contribution in [1.82, 2.24) is 10.0 Å². The maximum absolute atomic E-state index is 11.8. The van der Waals surface area contributed by atoms with Gasteiger partial charge >= 0.3 is 0 Å². The third-order valence-corrected chi connectivity index (χ3v) is 5.84. The molecule has 0 aliphatic carbocycles. The number of rotatable bonds is 7. The van der Waals surface area contributed by atoms with Gasteiger partial charge in [0.05, 0.1) is 9.04 Å². The maximum Gasteiger partial charge on any atom is 0.215 e. The van der Waals surface area contributed by atoms with E-state index in [-0.39, 0.29) is 0 Å². The molecule has 0 saturated heterocycles. The summed E-state index contributed by atoms with van der Waals surface area (Å²) in [6, 6.07) is 3.97. The van der Waals surface area contributed by atoms with Crippen LogP contribution in [-0.2, 0) is 16.4 Å². The van der Waals surface area contributed by atoms with Gasteiger partial charge in [0.2, 0.25) is 10.0 Å². The number of hydrogen-bond acceptors (Lipinski definition) is 4. The highest BCUT2D eigenvalue weighted by Gasteiger charge is 2.18. The summed E-state index contributed by atoms with van der Waals surface area (Å²) in [5.41, 5.74) is 0. The van der Waals surface area contributed by atoms with Gasteiger partial charge in [-0.25, -0.2) is 13.1 Å². The largest absolute Gasteiger partial charge is 0.318 e. The molecule has 0 bridgehead atoms. The van der Waals surface area contributed by atoms with E-state index in [4.69, 9.17) is 0 Å². The van der Waals surface area contributed by atoms with Crippen LogP contribution in [-0.4, -0.2) is 33.8 Å². The van der Waals surface area contributed by atoms with Crippen molar-refractivity contribution in [2.24, 2.45) is 0 Å². The van der Waals surface area contributed by atoms with Gasteiger partial charge in [0.1, 0.15) is 0 Å². The van der Waals surface area contributed by atoms with E-state index in [0.29, 0.717) is 13.1 Å². The van der Waals surface area contributed by atoms with E-state index in [1.54, 1.807) is 25.3 Å². The summed E-state index contributed by atoms with van der Waals surface area (Å²) in [4.78, 5) is 1.17. The molecule has 2 N–H and O–H groups in total. The normalized spacial score (nSPS) is 13.8. The summed E-state index contributed by atoms with van der Waals surface area (Å²) in [6.45, 7) is 2.60. The topological polar surface area (TPSA) is 58.2 Å². The molecular weight excluding hydrogens is 324 g/mol. The number of hydrogen-bond donors (Lipinski definition) is 2. The van der Waals surface area contributed by atoms with Crippen molar-refractivity contribution in [3.05, 3.63) is 20.8 Å². The molecule has 0 spiro atoms. The lowest BCUT2D eigenvalue weighted by Gasteiger charge is -2.12. The second-order valence-electron chi connectivity index (χ2n) is 3.76. The fourth-order valence-corrected chi connectivity index (χ4v) is 3.88. The second kappa shape index (κ2) is 6.84. The molecule has 1 aromatic rings. The molecule has 1 heterocycles. The first-order valence-corrected chi connectivity index (χ1v) is 8.48. The maximum atomic E-state index is 11.8. The Labute approximate surface area is 115 Å². The van der Waals surface area contributed by atoms with Gasteiger partial charge in [-0.2, -0.15) is 0 Å². The lowest BCUT2D eigenvalue weighted by atomic mass is 10.3. The molecule has 1 atom stereocenters. The summed E-state index contributed by atoms with van der Waals surface area (Å²) < 4.78 is 27.2. The monoisotopic (exact) mass is 340 g/mol. The smallest absolute Gasteiger partial charge is 0.215 e. The first kappa shape index (κ1) is 15.1. The van der Waals surface area contributed by atoms with Crippen molar-refractivity contribution < 1.29 is 8.42 Å². The van der Waals surface area contributed by atoms with E-state index >= 15 is 0 Å². The van der Waals surface area contributed by atoms with Crippen LogP contribution in [0.3, 0.4) is 0 Å². The predicted octanol–water partition coefficient (Wildman–Crippen LogP) is 1.58. The Hall–Kier alpha value is 0.0500. The zero-order valence-electron chi connectivity index (χ0n) is 9.86. The van der Waals surface area contributed by atoms with E-state index < -0.39 is 15.3 Å². The van der Waals surface area contributed by atoms with Gasteiger partial charge in [-0.3, -0.25) is 0 Å². The number of nitrogens with one attached hydrogen (secondary N) is 2. The van der Waals surface area contributed by atoms with Crippen LogP contribution in [0.2, 0.25) is 0 Å². The van der Waals surface area contributed by atoms with Gasteiger partial charge in [0.25, 0.3) is 0 Å². The molecule has 4 nitrogen and oxygen atoms in total. The Bertz CT molecular complexity index is 445. The van der Waals surface area contributed by atoms with Gasteiger partial charge in [-0.15, -0.1) is 11.3 Å². The fourth-order valence-electron chi connectivity index (χ4n) is 1.34. The molecule has 0 aliphatic heterocycles. The van der Waals surface area contributed by atoms with Crippen LogP contribution in [0.4, 0.5) is 0 Å². The molecule has 7 heteroatoms. The third-order valence-electron chi connectivity index (χ3n) is 2.32. The SMILES string of the molecule is CNCC(C)S(=O)(=O)NCCc1ccc(Br)s1. The van der Waals surface area contributed by atoms with Crippen LogP contribution in [0.5, 0.6) is 0 Å². The Morgan fingerprint density at radius 2 is 2.18 bits per heavy atom. The van der Waals surface area contributed by atoms with Crippen molar-refractivity contribution in [2.45, 2.75) is 18.6 Å². The predicted molar refractivity (Wildman–Crippen MR) is 76.0 cm³/mol. The minimum atomic E-state index is -3.21. The quantitative estimate of drug-likeness (QED) is 0.792. The zero-order valence-corrected chi connectivity index (χ0v) is 13.1. The lowest BCUT2D eigenvalue weighted by molar-refractivity contribution is 0.564. The molecule has 0 fully saturated rings. The first-order valence-electron chi connectivity index (χ1n) is 5.33. The molecular formula is C10H17BrN2O2S2. The number of halogens is 1. The third kappa shape index (κ3) is 5.05. The summed E-state index contributed by atoms with van der Waals surface area (Å²) in [5, 5.41) is 2.45. The van der Waals surface area contributed by atoms with Crippen LogP contribution >= 0.6 is 27.3 Å².